The van der Waals surface area contributed by atoms with Gasteiger partial charge in [-0.3, -0.25) is 9.59 Å². The molecule has 6 heteroatoms. The molecular formula is C55H105NO5. The molecular weight excluding hydrogens is 755 g/mol. The number of amides is 1. The minimum Gasteiger partial charge on any atom is -0.462 e. The lowest BCUT2D eigenvalue weighted by atomic mass is 10.0. The van der Waals surface area contributed by atoms with Crippen molar-refractivity contribution in [3.8, 4) is 0 Å². The van der Waals surface area contributed by atoms with E-state index in [4.69, 9.17) is 4.74 Å². The summed E-state index contributed by atoms with van der Waals surface area (Å²) in [5.74, 6) is -0.493. The van der Waals surface area contributed by atoms with E-state index in [0.717, 1.165) is 57.8 Å². The number of carbonyl (C=O) groups is 2. The van der Waals surface area contributed by atoms with E-state index >= 15 is 0 Å². The van der Waals surface area contributed by atoms with Gasteiger partial charge in [-0.25, -0.2) is 0 Å². The number of aliphatic hydroxyl groups is 2. The molecule has 0 aliphatic carbocycles. The fourth-order valence-electron chi connectivity index (χ4n) is 8.37. The second-order valence-electron chi connectivity index (χ2n) is 18.6. The Balaban J connectivity index is 4.47. The van der Waals surface area contributed by atoms with Crippen molar-refractivity contribution < 1.29 is 24.5 Å². The number of unbranched alkanes of at least 4 members (excludes halogenated alkanes) is 33. The molecule has 0 aromatic carbocycles. The van der Waals surface area contributed by atoms with E-state index in [1.54, 1.807) is 0 Å². The zero-order valence-corrected chi connectivity index (χ0v) is 41.1. The molecule has 0 saturated carbocycles. The number of hydrogen-bond donors (Lipinski definition) is 3. The summed E-state index contributed by atoms with van der Waals surface area (Å²) in [5.41, 5.74) is 0. The van der Waals surface area contributed by atoms with Crippen LogP contribution in [0.25, 0.3) is 0 Å². The van der Waals surface area contributed by atoms with Crippen molar-refractivity contribution in [1.29, 1.82) is 0 Å². The lowest BCUT2D eigenvalue weighted by Crippen LogP contribution is -2.46. The Labute approximate surface area is 380 Å². The second-order valence-corrected chi connectivity index (χ2v) is 18.6. The predicted molar refractivity (Wildman–Crippen MR) is 264 cm³/mol. The van der Waals surface area contributed by atoms with Crippen molar-refractivity contribution in [2.24, 2.45) is 0 Å². The summed E-state index contributed by atoms with van der Waals surface area (Å²) in [6.07, 6.45) is 56.8. The van der Waals surface area contributed by atoms with Crippen molar-refractivity contribution >= 4 is 11.9 Å². The lowest BCUT2D eigenvalue weighted by molar-refractivity contribution is -0.151. The molecule has 61 heavy (non-hydrogen) atoms. The van der Waals surface area contributed by atoms with Gasteiger partial charge in [-0.05, 0) is 70.6 Å². The van der Waals surface area contributed by atoms with Gasteiger partial charge < -0.3 is 20.3 Å². The van der Waals surface area contributed by atoms with Gasteiger partial charge in [0.2, 0.25) is 5.91 Å². The van der Waals surface area contributed by atoms with E-state index in [0.29, 0.717) is 19.3 Å². The minimum absolute atomic E-state index is 0.0600. The standard InChI is InChI=1S/C55H105NO5/c1-4-7-10-13-16-19-22-24-25-26-27-28-29-30-33-36-39-42-45-48-55(60)61-51(46-43-40-37-34-31-21-18-15-12-9-6-3)49-54(59)56-52(50-57)53(58)47-44-41-38-35-32-23-20-17-14-11-8-5-2/h24-25,34,37,51-53,57-58H,4-23,26-33,35-36,38-50H2,1-3H3,(H,56,59)/b25-24+,37-34-. The van der Waals surface area contributed by atoms with E-state index in [9.17, 15) is 19.8 Å². The van der Waals surface area contributed by atoms with Crippen LogP contribution in [0.4, 0.5) is 0 Å². The van der Waals surface area contributed by atoms with Crippen molar-refractivity contribution in [2.45, 2.75) is 309 Å². The van der Waals surface area contributed by atoms with Gasteiger partial charge in [-0.15, -0.1) is 0 Å². The van der Waals surface area contributed by atoms with Crippen LogP contribution in [-0.2, 0) is 14.3 Å². The van der Waals surface area contributed by atoms with Crippen LogP contribution in [0.15, 0.2) is 24.3 Å². The van der Waals surface area contributed by atoms with Gasteiger partial charge in [-0.1, -0.05) is 231 Å². The smallest absolute Gasteiger partial charge is 0.306 e. The molecule has 0 heterocycles. The molecule has 0 bridgehead atoms. The van der Waals surface area contributed by atoms with Crippen LogP contribution in [0.5, 0.6) is 0 Å². The average Bonchev–Trinajstić information content (AvgIpc) is 3.25. The highest BCUT2D eigenvalue weighted by Crippen LogP contribution is 2.18. The number of allylic oxidation sites excluding steroid dienone is 4. The van der Waals surface area contributed by atoms with Gasteiger partial charge >= 0.3 is 5.97 Å². The van der Waals surface area contributed by atoms with Gasteiger partial charge in [0.25, 0.3) is 0 Å². The fraction of sp³-hybridized carbons (Fsp3) is 0.891. The molecule has 0 spiro atoms. The number of ether oxygens (including phenoxy) is 1. The summed E-state index contributed by atoms with van der Waals surface area (Å²) in [6, 6.07) is -0.705. The second kappa shape index (κ2) is 49.4. The number of esters is 1. The first-order valence-electron chi connectivity index (χ1n) is 27.1. The monoisotopic (exact) mass is 860 g/mol. The zero-order chi connectivity index (χ0) is 44.5. The molecule has 0 aliphatic heterocycles. The Kier molecular flexibility index (Phi) is 48.0. The Morgan fingerprint density at radius 1 is 0.459 bits per heavy atom. The van der Waals surface area contributed by atoms with E-state index in [1.165, 1.54) is 186 Å². The van der Waals surface area contributed by atoms with Crippen LogP contribution in [0.1, 0.15) is 290 Å². The molecule has 3 atom stereocenters. The average molecular weight is 860 g/mol. The molecule has 360 valence electrons. The molecule has 0 aromatic heterocycles. The third-order valence-corrected chi connectivity index (χ3v) is 12.5. The topological polar surface area (TPSA) is 95.9 Å². The number of nitrogens with one attached hydrogen (secondary N) is 1. The van der Waals surface area contributed by atoms with Crippen LogP contribution in [0.2, 0.25) is 0 Å². The van der Waals surface area contributed by atoms with E-state index in [1.807, 2.05) is 0 Å². The predicted octanol–water partition coefficient (Wildman–Crippen LogP) is 16.3. The summed E-state index contributed by atoms with van der Waals surface area (Å²) in [6.45, 7) is 6.48. The first kappa shape index (κ1) is 59.3. The molecule has 1 amide bonds. The Morgan fingerprint density at radius 3 is 1.20 bits per heavy atom. The molecule has 0 fully saturated rings. The van der Waals surface area contributed by atoms with E-state index < -0.39 is 18.2 Å². The normalized spacial score (nSPS) is 13.3. The van der Waals surface area contributed by atoms with Gasteiger partial charge in [0, 0.05) is 6.42 Å². The summed E-state index contributed by atoms with van der Waals surface area (Å²) >= 11 is 0. The Morgan fingerprint density at radius 2 is 0.803 bits per heavy atom. The van der Waals surface area contributed by atoms with E-state index in [-0.39, 0.29) is 24.9 Å². The quantitative estimate of drug-likeness (QED) is 0.0322. The van der Waals surface area contributed by atoms with Crippen molar-refractivity contribution in [1.82, 2.24) is 5.32 Å². The largest absolute Gasteiger partial charge is 0.462 e. The van der Waals surface area contributed by atoms with Crippen molar-refractivity contribution in [2.75, 3.05) is 6.61 Å². The third-order valence-electron chi connectivity index (χ3n) is 12.5. The van der Waals surface area contributed by atoms with Crippen molar-refractivity contribution in [3.05, 3.63) is 24.3 Å². The summed E-state index contributed by atoms with van der Waals surface area (Å²) in [5, 5.41) is 23.7. The molecule has 3 N–H and O–H groups in total. The Hall–Kier alpha value is -1.66. The van der Waals surface area contributed by atoms with Crippen molar-refractivity contribution in [3.63, 3.8) is 0 Å². The third kappa shape index (κ3) is 44.7. The Bertz CT molecular complexity index is 966. The van der Waals surface area contributed by atoms with Gasteiger partial charge in [-0.2, -0.15) is 0 Å². The summed E-state index contributed by atoms with van der Waals surface area (Å²) in [4.78, 5) is 26.1. The first-order chi connectivity index (χ1) is 30.0. The highest BCUT2D eigenvalue weighted by atomic mass is 16.5. The maximum atomic E-state index is 13.2. The fourth-order valence-corrected chi connectivity index (χ4v) is 8.37. The maximum Gasteiger partial charge on any atom is 0.306 e. The molecule has 0 aliphatic rings. The highest BCUT2D eigenvalue weighted by molar-refractivity contribution is 5.77. The number of carbonyl (C=O) groups excluding carboxylic acids is 2. The van der Waals surface area contributed by atoms with Gasteiger partial charge in [0.1, 0.15) is 6.10 Å². The molecule has 0 radical (unpaired) electrons. The number of aliphatic hydroxyl groups excluding tert-OH is 2. The van der Waals surface area contributed by atoms with Gasteiger partial charge in [0.05, 0.1) is 25.2 Å². The van der Waals surface area contributed by atoms with Crippen LogP contribution in [0, 0.1) is 0 Å². The number of rotatable bonds is 49. The number of hydrogen-bond acceptors (Lipinski definition) is 5. The van der Waals surface area contributed by atoms with E-state index in [2.05, 4.69) is 50.4 Å². The lowest BCUT2D eigenvalue weighted by Gasteiger charge is -2.24. The summed E-state index contributed by atoms with van der Waals surface area (Å²) < 4.78 is 5.92. The van der Waals surface area contributed by atoms with Crippen LogP contribution in [0.3, 0.4) is 0 Å². The van der Waals surface area contributed by atoms with Crippen LogP contribution >= 0.6 is 0 Å². The maximum absolute atomic E-state index is 13.2. The van der Waals surface area contributed by atoms with Crippen LogP contribution in [-0.4, -0.2) is 46.9 Å². The highest BCUT2D eigenvalue weighted by Gasteiger charge is 2.24. The molecule has 0 rings (SSSR count). The molecule has 0 aromatic rings. The SMILES string of the molecule is CCCCCCCC/C=C\CCCC(CC(=O)NC(CO)C(O)CCCCCCCCCCCCCC)OC(=O)CCCCCCCCCCC/C=C/CCCCCCCC. The molecule has 6 nitrogen and oxygen atoms in total. The summed E-state index contributed by atoms with van der Waals surface area (Å²) in [7, 11) is 0. The molecule has 0 saturated heterocycles. The first-order valence-corrected chi connectivity index (χ1v) is 27.1. The molecule has 3 unspecified atom stereocenters. The minimum atomic E-state index is -0.790. The zero-order valence-electron chi connectivity index (χ0n) is 41.1. The van der Waals surface area contributed by atoms with Gasteiger partial charge in [0.15, 0.2) is 0 Å². The van der Waals surface area contributed by atoms with Crippen LogP contribution < -0.4 is 5.32 Å².